The Hall–Kier alpha value is -3.84. The molecule has 2 aromatic carbocycles. The van der Waals surface area contributed by atoms with Crippen LogP contribution in [0.15, 0.2) is 67.1 Å². The average Bonchev–Trinajstić information content (AvgIpc) is 2.88. The number of fused-ring (bicyclic) bond motifs is 1. The second kappa shape index (κ2) is 10.2. The number of rotatable bonds is 6. The summed E-state index contributed by atoms with van der Waals surface area (Å²) in [6.45, 7) is 6.18. The van der Waals surface area contributed by atoms with Gasteiger partial charge in [0.2, 0.25) is 0 Å². The van der Waals surface area contributed by atoms with Crippen molar-refractivity contribution < 1.29 is 4.79 Å². The highest BCUT2D eigenvalue weighted by atomic mass is 16.1. The quantitative estimate of drug-likeness (QED) is 0.360. The fourth-order valence-electron chi connectivity index (χ4n) is 4.52. The molecular weight excluding hydrogens is 436 g/mol. The Kier molecular flexibility index (Phi) is 6.68. The van der Waals surface area contributed by atoms with E-state index < -0.39 is 0 Å². The predicted molar refractivity (Wildman–Crippen MR) is 141 cm³/mol. The molecule has 0 unspecified atom stereocenters. The topological polar surface area (TPSA) is 91.8 Å². The summed E-state index contributed by atoms with van der Waals surface area (Å²) in [4.78, 5) is 26.5. The summed E-state index contributed by atoms with van der Waals surface area (Å²) in [6, 6.07) is 16.2. The highest BCUT2D eigenvalue weighted by molar-refractivity contribution is 6.04. The average molecular weight is 467 g/mol. The maximum atomic E-state index is 13.0. The number of hydrogen-bond donors (Lipinski definition) is 3. The minimum Gasteiger partial charge on any atom is -0.367 e. The van der Waals surface area contributed by atoms with Crippen molar-refractivity contribution in [1.29, 1.82) is 0 Å². The number of nitrogens with one attached hydrogen (secondary N) is 3. The van der Waals surface area contributed by atoms with Crippen molar-refractivity contribution in [3.8, 4) is 11.3 Å². The first-order valence-electron chi connectivity index (χ1n) is 12.2. The highest BCUT2D eigenvalue weighted by Gasteiger charge is 2.17. The molecule has 0 spiro atoms. The number of pyridine rings is 1. The maximum absolute atomic E-state index is 13.0. The summed E-state index contributed by atoms with van der Waals surface area (Å²) in [5, 5.41) is 11.6. The van der Waals surface area contributed by atoms with Crippen LogP contribution in [-0.4, -0.2) is 40.0 Å². The molecule has 1 aliphatic heterocycles. The number of nitrogens with zero attached hydrogens (tertiary/aromatic N) is 3. The Morgan fingerprint density at radius 1 is 0.971 bits per heavy atom. The van der Waals surface area contributed by atoms with Gasteiger partial charge in [-0.15, -0.1) is 0 Å². The molecule has 1 amide bonds. The summed E-state index contributed by atoms with van der Waals surface area (Å²) in [7, 11) is 0. The van der Waals surface area contributed by atoms with Gasteiger partial charge in [0.15, 0.2) is 0 Å². The predicted octanol–water partition coefficient (Wildman–Crippen LogP) is 5.23. The van der Waals surface area contributed by atoms with E-state index in [4.69, 9.17) is 0 Å². The van der Waals surface area contributed by atoms with Gasteiger partial charge in [-0.2, -0.15) is 0 Å². The molecule has 3 heterocycles. The van der Waals surface area contributed by atoms with E-state index >= 15 is 0 Å². The third kappa shape index (κ3) is 5.46. The van der Waals surface area contributed by atoms with Gasteiger partial charge in [0.25, 0.3) is 5.91 Å². The number of anilines is 2. The second-order valence-corrected chi connectivity index (χ2v) is 9.32. The molecule has 0 bridgehead atoms. The lowest BCUT2D eigenvalue weighted by atomic mass is 9.89. The molecule has 7 nitrogen and oxygen atoms in total. The standard InChI is InChI=1S/C28H30N6O/c1-18(2)32-27-17-30-16-25(33-27)21-6-7-23-15-31-26(14-24(23)13-21)34-28(35)22-5-3-4-20(12-22)19-8-10-29-11-9-19/h3-7,12-19,29H,8-11H2,1-2H3,(H,32,33)(H,31,34,35). The zero-order chi connectivity index (χ0) is 24.2. The zero-order valence-electron chi connectivity index (χ0n) is 20.1. The van der Waals surface area contributed by atoms with Crippen molar-refractivity contribution in [2.75, 3.05) is 23.7 Å². The number of aromatic nitrogens is 3. The molecule has 4 aromatic rings. The minimum atomic E-state index is -0.151. The maximum Gasteiger partial charge on any atom is 0.256 e. The minimum absolute atomic E-state index is 0.151. The zero-order valence-corrected chi connectivity index (χ0v) is 20.1. The van der Waals surface area contributed by atoms with Crippen LogP contribution in [0.5, 0.6) is 0 Å². The molecule has 1 fully saturated rings. The summed E-state index contributed by atoms with van der Waals surface area (Å²) in [6.07, 6.45) is 7.46. The van der Waals surface area contributed by atoms with Crippen LogP contribution >= 0.6 is 0 Å². The number of piperidine rings is 1. The first-order chi connectivity index (χ1) is 17.0. The van der Waals surface area contributed by atoms with Gasteiger partial charge in [0.05, 0.1) is 18.1 Å². The molecule has 3 N–H and O–H groups in total. The Balaban J connectivity index is 1.36. The van der Waals surface area contributed by atoms with E-state index in [9.17, 15) is 4.79 Å². The summed E-state index contributed by atoms with van der Waals surface area (Å²) < 4.78 is 0. The van der Waals surface area contributed by atoms with Crippen molar-refractivity contribution in [2.45, 2.75) is 38.6 Å². The van der Waals surface area contributed by atoms with Crippen molar-refractivity contribution >= 4 is 28.3 Å². The number of carbonyl (C=O) groups is 1. The van der Waals surface area contributed by atoms with Crippen molar-refractivity contribution in [3.05, 3.63) is 78.2 Å². The fraction of sp³-hybridized carbons (Fsp3) is 0.286. The molecular formula is C28H30N6O. The van der Waals surface area contributed by atoms with E-state index in [1.807, 2.05) is 42.5 Å². The van der Waals surface area contributed by atoms with Crippen LogP contribution in [0.2, 0.25) is 0 Å². The number of carbonyl (C=O) groups excluding carboxylic acids is 1. The molecule has 35 heavy (non-hydrogen) atoms. The summed E-state index contributed by atoms with van der Waals surface area (Å²) >= 11 is 0. The SMILES string of the molecule is CC(C)Nc1cncc(-c2ccc3cnc(NC(=O)c4cccc(C5CCNCC5)c4)cc3c2)n1. The van der Waals surface area contributed by atoms with Crippen molar-refractivity contribution in [3.63, 3.8) is 0 Å². The van der Waals surface area contributed by atoms with E-state index in [1.165, 1.54) is 5.56 Å². The smallest absolute Gasteiger partial charge is 0.256 e. The van der Waals surface area contributed by atoms with Gasteiger partial charge in [0.1, 0.15) is 11.6 Å². The molecule has 1 saturated heterocycles. The van der Waals surface area contributed by atoms with Crippen LogP contribution in [0, 0.1) is 0 Å². The first-order valence-corrected chi connectivity index (χ1v) is 12.2. The molecule has 0 atom stereocenters. The molecule has 0 aliphatic carbocycles. The highest BCUT2D eigenvalue weighted by Crippen LogP contribution is 2.27. The van der Waals surface area contributed by atoms with Crippen LogP contribution in [0.4, 0.5) is 11.6 Å². The lowest BCUT2D eigenvalue weighted by molar-refractivity contribution is 0.102. The van der Waals surface area contributed by atoms with Crippen LogP contribution < -0.4 is 16.0 Å². The lowest BCUT2D eigenvalue weighted by Crippen LogP contribution is -2.26. The summed E-state index contributed by atoms with van der Waals surface area (Å²) in [5.41, 5.74) is 3.62. The van der Waals surface area contributed by atoms with Gasteiger partial charge in [-0.3, -0.25) is 9.78 Å². The van der Waals surface area contributed by atoms with Gasteiger partial charge in [-0.25, -0.2) is 9.97 Å². The van der Waals surface area contributed by atoms with Crippen LogP contribution in [-0.2, 0) is 0 Å². The first kappa shape index (κ1) is 22.9. The van der Waals surface area contributed by atoms with Gasteiger partial charge < -0.3 is 16.0 Å². The van der Waals surface area contributed by atoms with Gasteiger partial charge in [0, 0.05) is 28.8 Å². The Bertz CT molecular complexity index is 1350. The largest absolute Gasteiger partial charge is 0.367 e. The van der Waals surface area contributed by atoms with E-state index in [1.54, 1.807) is 18.6 Å². The second-order valence-electron chi connectivity index (χ2n) is 9.32. The molecule has 2 aromatic heterocycles. The van der Waals surface area contributed by atoms with E-state index in [0.717, 1.165) is 53.8 Å². The molecule has 7 heteroatoms. The molecule has 178 valence electrons. The van der Waals surface area contributed by atoms with E-state index in [2.05, 4.69) is 50.8 Å². The fourth-order valence-corrected chi connectivity index (χ4v) is 4.52. The van der Waals surface area contributed by atoms with Crippen LogP contribution in [0.1, 0.15) is 48.5 Å². The Labute approximate surface area is 205 Å². The van der Waals surface area contributed by atoms with Gasteiger partial charge >= 0.3 is 0 Å². The Morgan fingerprint density at radius 2 is 1.83 bits per heavy atom. The number of amides is 1. The monoisotopic (exact) mass is 466 g/mol. The number of hydrogen-bond acceptors (Lipinski definition) is 6. The van der Waals surface area contributed by atoms with Crippen LogP contribution in [0.25, 0.3) is 22.0 Å². The lowest BCUT2D eigenvalue weighted by Gasteiger charge is -2.23. The van der Waals surface area contributed by atoms with Gasteiger partial charge in [-0.1, -0.05) is 24.3 Å². The van der Waals surface area contributed by atoms with Gasteiger partial charge in [-0.05, 0) is 80.9 Å². The molecule has 1 aliphatic rings. The molecule has 5 rings (SSSR count). The summed E-state index contributed by atoms with van der Waals surface area (Å²) in [5.74, 6) is 1.61. The third-order valence-corrected chi connectivity index (χ3v) is 6.29. The normalized spacial score (nSPS) is 14.3. The van der Waals surface area contributed by atoms with Crippen LogP contribution in [0.3, 0.4) is 0 Å². The van der Waals surface area contributed by atoms with E-state index in [-0.39, 0.29) is 11.9 Å². The molecule has 0 saturated carbocycles. The van der Waals surface area contributed by atoms with E-state index in [0.29, 0.717) is 17.3 Å². The van der Waals surface area contributed by atoms with Crippen molar-refractivity contribution in [2.24, 2.45) is 0 Å². The number of benzene rings is 2. The Morgan fingerprint density at radius 3 is 2.66 bits per heavy atom. The third-order valence-electron chi connectivity index (χ3n) is 6.29. The van der Waals surface area contributed by atoms with Crippen molar-refractivity contribution in [1.82, 2.24) is 20.3 Å². The molecule has 0 radical (unpaired) electrons.